The second-order valence-electron chi connectivity index (χ2n) is 5.74. The average Bonchev–Trinajstić information content (AvgIpc) is 3.27. The van der Waals surface area contributed by atoms with Gasteiger partial charge in [-0.15, -0.1) is 0 Å². The maximum absolute atomic E-state index is 12.3. The molecule has 1 aliphatic carbocycles. The Morgan fingerprint density at radius 3 is 2.67 bits per heavy atom. The van der Waals surface area contributed by atoms with Crippen LogP contribution in [0.4, 0.5) is 5.82 Å². The smallest absolute Gasteiger partial charge is 0.256 e. The van der Waals surface area contributed by atoms with E-state index < -0.39 is 0 Å². The Morgan fingerprint density at radius 2 is 2.05 bits per heavy atom. The first kappa shape index (κ1) is 13.9. The predicted molar refractivity (Wildman–Crippen MR) is 83.4 cm³/mol. The normalized spacial score (nSPS) is 15.7. The first-order chi connectivity index (χ1) is 10.2. The number of rotatable bonds is 5. The highest BCUT2D eigenvalue weighted by molar-refractivity contribution is 6.03. The average molecular weight is 283 g/mol. The fourth-order valence-electron chi connectivity index (χ4n) is 2.60. The number of nitrogens with zero attached hydrogens (tertiary/aromatic N) is 2. The molecular weight excluding hydrogens is 262 g/mol. The van der Waals surface area contributed by atoms with Gasteiger partial charge in [0, 0.05) is 11.6 Å². The SMILES string of the molecule is CCc1ccc(C(=O)Nc2ccnn2C(C)C2CC2)cc1. The lowest BCUT2D eigenvalue weighted by atomic mass is 10.1. The van der Waals surface area contributed by atoms with Crippen molar-refractivity contribution >= 4 is 11.7 Å². The maximum Gasteiger partial charge on any atom is 0.256 e. The molecule has 1 aromatic heterocycles. The van der Waals surface area contributed by atoms with Crippen molar-refractivity contribution in [1.82, 2.24) is 9.78 Å². The van der Waals surface area contributed by atoms with Crippen LogP contribution in [0.5, 0.6) is 0 Å². The number of carbonyl (C=O) groups is 1. The van der Waals surface area contributed by atoms with Crippen molar-refractivity contribution in [2.24, 2.45) is 5.92 Å². The Morgan fingerprint density at radius 1 is 1.33 bits per heavy atom. The van der Waals surface area contributed by atoms with Gasteiger partial charge in [0.25, 0.3) is 5.91 Å². The van der Waals surface area contributed by atoms with E-state index in [0.29, 0.717) is 17.5 Å². The van der Waals surface area contributed by atoms with Crippen molar-refractivity contribution in [1.29, 1.82) is 0 Å². The fraction of sp³-hybridized carbons (Fsp3) is 0.412. The molecule has 1 amide bonds. The molecule has 3 rings (SSSR count). The van der Waals surface area contributed by atoms with E-state index in [1.165, 1.54) is 18.4 Å². The molecule has 4 nitrogen and oxygen atoms in total. The summed E-state index contributed by atoms with van der Waals surface area (Å²) in [4.78, 5) is 12.3. The quantitative estimate of drug-likeness (QED) is 0.910. The fourth-order valence-corrected chi connectivity index (χ4v) is 2.60. The molecule has 1 aliphatic rings. The Kier molecular flexibility index (Phi) is 3.78. The Bertz CT molecular complexity index is 626. The minimum Gasteiger partial charge on any atom is -0.307 e. The number of carbonyl (C=O) groups excluding carboxylic acids is 1. The third-order valence-corrected chi connectivity index (χ3v) is 4.23. The van der Waals surface area contributed by atoms with Crippen LogP contribution in [0.2, 0.25) is 0 Å². The van der Waals surface area contributed by atoms with E-state index >= 15 is 0 Å². The highest BCUT2D eigenvalue weighted by Gasteiger charge is 2.30. The standard InChI is InChI=1S/C17H21N3O/c1-3-13-4-6-15(7-5-13)17(21)19-16-10-11-18-20(16)12(2)14-8-9-14/h4-7,10-12,14H,3,8-9H2,1-2H3,(H,19,21). The monoisotopic (exact) mass is 283 g/mol. The first-order valence-electron chi connectivity index (χ1n) is 7.63. The van der Waals surface area contributed by atoms with Gasteiger partial charge in [-0.05, 0) is 49.8 Å². The Labute approximate surface area is 125 Å². The summed E-state index contributed by atoms with van der Waals surface area (Å²) >= 11 is 0. The van der Waals surface area contributed by atoms with E-state index in [4.69, 9.17) is 0 Å². The van der Waals surface area contributed by atoms with Crippen LogP contribution in [0.25, 0.3) is 0 Å². The van der Waals surface area contributed by atoms with E-state index in [1.807, 2.05) is 35.0 Å². The lowest BCUT2D eigenvalue weighted by molar-refractivity contribution is 0.102. The summed E-state index contributed by atoms with van der Waals surface area (Å²) in [7, 11) is 0. The van der Waals surface area contributed by atoms with E-state index in [1.54, 1.807) is 6.20 Å². The second kappa shape index (κ2) is 5.72. The van der Waals surface area contributed by atoms with Gasteiger partial charge in [0.15, 0.2) is 0 Å². The summed E-state index contributed by atoms with van der Waals surface area (Å²) in [5.74, 6) is 1.39. The third-order valence-electron chi connectivity index (χ3n) is 4.23. The minimum absolute atomic E-state index is 0.0811. The summed E-state index contributed by atoms with van der Waals surface area (Å²) in [6.07, 6.45) is 5.24. The van der Waals surface area contributed by atoms with E-state index in [2.05, 4.69) is 24.3 Å². The summed E-state index contributed by atoms with van der Waals surface area (Å²) in [5.41, 5.74) is 1.91. The summed E-state index contributed by atoms with van der Waals surface area (Å²) in [6.45, 7) is 4.27. The highest BCUT2D eigenvalue weighted by Crippen LogP contribution is 2.40. The minimum atomic E-state index is -0.0811. The molecule has 1 saturated carbocycles. The Hall–Kier alpha value is -2.10. The van der Waals surface area contributed by atoms with Gasteiger partial charge in [0.05, 0.1) is 12.2 Å². The largest absolute Gasteiger partial charge is 0.307 e. The zero-order valence-electron chi connectivity index (χ0n) is 12.5. The van der Waals surface area contributed by atoms with Crippen molar-refractivity contribution < 1.29 is 4.79 Å². The van der Waals surface area contributed by atoms with Gasteiger partial charge in [-0.1, -0.05) is 19.1 Å². The molecule has 1 atom stereocenters. The molecular formula is C17H21N3O. The zero-order valence-corrected chi connectivity index (χ0v) is 12.5. The van der Waals surface area contributed by atoms with E-state index in [-0.39, 0.29) is 5.91 Å². The molecule has 1 N–H and O–H groups in total. The second-order valence-corrected chi connectivity index (χ2v) is 5.74. The van der Waals surface area contributed by atoms with Gasteiger partial charge in [0.1, 0.15) is 5.82 Å². The van der Waals surface area contributed by atoms with Crippen LogP contribution in [-0.2, 0) is 6.42 Å². The number of nitrogens with one attached hydrogen (secondary N) is 1. The highest BCUT2D eigenvalue weighted by atomic mass is 16.1. The van der Waals surface area contributed by atoms with Gasteiger partial charge >= 0.3 is 0 Å². The molecule has 0 spiro atoms. The summed E-state index contributed by atoms with van der Waals surface area (Å²) in [6, 6.07) is 9.95. The number of aromatic nitrogens is 2. The van der Waals surface area contributed by atoms with Crippen molar-refractivity contribution in [3.8, 4) is 0 Å². The molecule has 0 radical (unpaired) electrons. The molecule has 2 aromatic rings. The van der Waals surface area contributed by atoms with Gasteiger partial charge in [-0.3, -0.25) is 4.79 Å². The summed E-state index contributed by atoms with van der Waals surface area (Å²) in [5, 5.41) is 7.32. The van der Waals surface area contributed by atoms with Crippen molar-refractivity contribution in [3.05, 3.63) is 47.7 Å². The third kappa shape index (κ3) is 2.99. The molecule has 0 bridgehead atoms. The van der Waals surface area contributed by atoms with Crippen LogP contribution in [0.1, 0.15) is 48.7 Å². The molecule has 1 aromatic carbocycles. The lowest BCUT2D eigenvalue weighted by Crippen LogP contribution is -2.18. The zero-order chi connectivity index (χ0) is 14.8. The van der Waals surface area contributed by atoms with E-state index in [0.717, 1.165) is 12.2 Å². The predicted octanol–water partition coefficient (Wildman–Crippen LogP) is 3.67. The Balaban J connectivity index is 1.73. The van der Waals surface area contributed by atoms with Gasteiger partial charge in [-0.25, -0.2) is 4.68 Å². The van der Waals surface area contributed by atoms with Gasteiger partial charge in [-0.2, -0.15) is 5.10 Å². The number of amides is 1. The van der Waals surface area contributed by atoms with Gasteiger partial charge in [0.2, 0.25) is 0 Å². The van der Waals surface area contributed by atoms with Crippen LogP contribution in [0.15, 0.2) is 36.5 Å². The molecule has 1 unspecified atom stereocenters. The van der Waals surface area contributed by atoms with Crippen LogP contribution in [0, 0.1) is 5.92 Å². The van der Waals surface area contributed by atoms with Crippen LogP contribution in [-0.4, -0.2) is 15.7 Å². The first-order valence-corrected chi connectivity index (χ1v) is 7.63. The van der Waals surface area contributed by atoms with Crippen LogP contribution in [0.3, 0.4) is 0 Å². The van der Waals surface area contributed by atoms with E-state index in [9.17, 15) is 4.79 Å². The molecule has 1 heterocycles. The maximum atomic E-state index is 12.3. The topological polar surface area (TPSA) is 46.9 Å². The van der Waals surface area contributed by atoms with Crippen molar-refractivity contribution in [3.63, 3.8) is 0 Å². The number of aryl methyl sites for hydroxylation is 1. The number of hydrogen-bond acceptors (Lipinski definition) is 2. The number of benzene rings is 1. The number of anilines is 1. The lowest BCUT2D eigenvalue weighted by Gasteiger charge is -2.15. The van der Waals surface area contributed by atoms with Crippen LogP contribution >= 0.6 is 0 Å². The molecule has 21 heavy (non-hydrogen) atoms. The summed E-state index contributed by atoms with van der Waals surface area (Å²) < 4.78 is 1.93. The molecule has 1 fully saturated rings. The van der Waals surface area contributed by atoms with Gasteiger partial charge < -0.3 is 5.32 Å². The van der Waals surface area contributed by atoms with Crippen molar-refractivity contribution in [2.45, 2.75) is 39.2 Å². The molecule has 0 saturated heterocycles. The van der Waals surface area contributed by atoms with Crippen LogP contribution < -0.4 is 5.32 Å². The van der Waals surface area contributed by atoms with Crippen molar-refractivity contribution in [2.75, 3.05) is 5.32 Å². The molecule has 110 valence electrons. The molecule has 4 heteroatoms. The molecule has 0 aliphatic heterocycles. The number of hydrogen-bond donors (Lipinski definition) is 1.